The van der Waals surface area contributed by atoms with Crippen LogP contribution in [0.15, 0.2) is 78.9 Å². The van der Waals surface area contributed by atoms with Gasteiger partial charge in [0.2, 0.25) is 0 Å². The van der Waals surface area contributed by atoms with Crippen molar-refractivity contribution in [1.29, 1.82) is 0 Å². The fourth-order valence-corrected chi connectivity index (χ4v) is 3.26. The Morgan fingerprint density at radius 2 is 1.88 bits per heavy atom. The van der Waals surface area contributed by atoms with Crippen LogP contribution in [0.5, 0.6) is 0 Å². The summed E-state index contributed by atoms with van der Waals surface area (Å²) in [4.78, 5) is 0. The molecule has 3 rings (SSSR count). The molecule has 0 saturated heterocycles. The van der Waals surface area contributed by atoms with Gasteiger partial charge in [-0.1, -0.05) is 73.9 Å². The highest BCUT2D eigenvalue weighted by Gasteiger charge is 2.08. The van der Waals surface area contributed by atoms with Crippen molar-refractivity contribution < 1.29 is 0 Å². The minimum atomic E-state index is 1.08. The van der Waals surface area contributed by atoms with Crippen LogP contribution < -0.4 is 10.6 Å². The molecule has 1 heterocycles. The fraction of sp³-hybridized carbons (Fsp3) is 0.130. The number of nitrogens with zero attached hydrogens (tertiary/aromatic N) is 1. The van der Waals surface area contributed by atoms with Gasteiger partial charge in [0.1, 0.15) is 0 Å². The Labute approximate surface area is 143 Å². The van der Waals surface area contributed by atoms with Gasteiger partial charge >= 0.3 is 0 Å². The van der Waals surface area contributed by atoms with E-state index in [9.17, 15) is 0 Å². The van der Waals surface area contributed by atoms with Gasteiger partial charge in [-0.15, -0.1) is 0 Å². The van der Waals surface area contributed by atoms with Crippen molar-refractivity contribution in [3.8, 4) is 0 Å². The molecule has 0 radical (unpaired) electrons. The highest BCUT2D eigenvalue weighted by Crippen LogP contribution is 2.17. The molecule has 1 aliphatic rings. The Balaban J connectivity index is 2.32. The van der Waals surface area contributed by atoms with Gasteiger partial charge in [0.15, 0.2) is 0 Å². The number of hydrogen-bond acceptors (Lipinski definition) is 0. The maximum Gasteiger partial charge on any atom is 0.0534 e. The third-order valence-corrected chi connectivity index (χ3v) is 4.31. The summed E-state index contributed by atoms with van der Waals surface area (Å²) in [6.45, 7) is 9.86. The Hall–Kier alpha value is -2.80. The van der Waals surface area contributed by atoms with E-state index in [4.69, 9.17) is 0 Å². The number of para-hydroxylation sites is 1. The van der Waals surface area contributed by atoms with Crippen molar-refractivity contribution in [3.05, 3.63) is 89.5 Å². The molecule has 2 aromatic rings. The standard InChI is InChI=1S/C23H23N/c1-4-11-19(12-5-2)18(6-3)17-24-22-15-9-7-13-20(22)21-14-8-10-16-23(21)24/h4-7,9,11-17H,1,3,8,10H2,2H3/b12-5-,18-17-,19-11-. The summed E-state index contributed by atoms with van der Waals surface area (Å²) in [5.41, 5.74) is 3.42. The van der Waals surface area contributed by atoms with Crippen molar-refractivity contribution in [3.63, 3.8) is 0 Å². The van der Waals surface area contributed by atoms with E-state index in [2.05, 4.69) is 66.4 Å². The number of allylic oxidation sites excluding steroid dienone is 7. The summed E-state index contributed by atoms with van der Waals surface area (Å²) in [6, 6.07) is 8.59. The zero-order chi connectivity index (χ0) is 16.9. The van der Waals surface area contributed by atoms with Crippen LogP contribution in [0.3, 0.4) is 0 Å². The zero-order valence-corrected chi connectivity index (χ0v) is 14.2. The number of benzene rings is 1. The van der Waals surface area contributed by atoms with Crippen LogP contribution in [-0.2, 0) is 0 Å². The quantitative estimate of drug-likeness (QED) is 0.704. The molecule has 0 bridgehead atoms. The molecule has 0 amide bonds. The smallest absolute Gasteiger partial charge is 0.0534 e. The van der Waals surface area contributed by atoms with Gasteiger partial charge in [-0.05, 0) is 37.0 Å². The molecule has 1 heteroatoms. The Bertz CT molecular complexity index is 991. The molecule has 0 unspecified atom stereocenters. The van der Waals surface area contributed by atoms with Crippen molar-refractivity contribution >= 4 is 29.3 Å². The van der Waals surface area contributed by atoms with Crippen molar-refractivity contribution in [2.75, 3.05) is 0 Å². The van der Waals surface area contributed by atoms with Gasteiger partial charge in [-0.2, -0.15) is 0 Å². The Kier molecular flexibility index (Phi) is 4.81. The molecule has 0 aliphatic heterocycles. The summed E-state index contributed by atoms with van der Waals surface area (Å²) < 4.78 is 2.29. The van der Waals surface area contributed by atoms with E-state index >= 15 is 0 Å². The van der Waals surface area contributed by atoms with E-state index in [0.29, 0.717) is 0 Å². The summed E-state index contributed by atoms with van der Waals surface area (Å²) in [5.74, 6) is 0. The highest BCUT2D eigenvalue weighted by molar-refractivity contribution is 5.85. The summed E-state index contributed by atoms with van der Waals surface area (Å²) in [6.07, 6.45) is 18.9. The van der Waals surface area contributed by atoms with E-state index < -0.39 is 0 Å². The van der Waals surface area contributed by atoms with Crippen LogP contribution in [-0.4, -0.2) is 4.57 Å². The molecule has 1 aromatic carbocycles. The summed E-state index contributed by atoms with van der Waals surface area (Å²) in [5, 5.41) is 3.93. The molecule has 1 aliphatic carbocycles. The first-order valence-electron chi connectivity index (χ1n) is 8.39. The first kappa shape index (κ1) is 16.1. The molecule has 120 valence electrons. The van der Waals surface area contributed by atoms with Gasteiger partial charge < -0.3 is 4.57 Å². The summed E-state index contributed by atoms with van der Waals surface area (Å²) >= 11 is 0. The largest absolute Gasteiger partial charge is 0.316 e. The van der Waals surface area contributed by atoms with Crippen molar-refractivity contribution in [2.45, 2.75) is 19.8 Å². The Morgan fingerprint density at radius 1 is 1.08 bits per heavy atom. The maximum absolute atomic E-state index is 4.01. The summed E-state index contributed by atoms with van der Waals surface area (Å²) in [7, 11) is 0. The molecule has 0 atom stereocenters. The lowest BCUT2D eigenvalue weighted by atomic mass is 10.1. The van der Waals surface area contributed by atoms with Gasteiger partial charge in [0.05, 0.1) is 5.52 Å². The van der Waals surface area contributed by atoms with Gasteiger partial charge in [0.25, 0.3) is 0 Å². The normalized spacial score (nSPS) is 15.0. The number of aromatic nitrogens is 1. The number of rotatable bonds is 5. The van der Waals surface area contributed by atoms with Crippen LogP contribution >= 0.6 is 0 Å². The van der Waals surface area contributed by atoms with Gasteiger partial charge in [0, 0.05) is 22.2 Å². The molecular weight excluding hydrogens is 290 g/mol. The molecule has 1 aromatic heterocycles. The predicted molar refractivity (Wildman–Crippen MR) is 107 cm³/mol. The second kappa shape index (κ2) is 7.18. The number of hydrogen-bond donors (Lipinski definition) is 0. The van der Waals surface area contributed by atoms with Crippen LogP contribution in [0.25, 0.3) is 29.3 Å². The lowest BCUT2D eigenvalue weighted by Gasteiger charge is -2.07. The van der Waals surface area contributed by atoms with E-state index in [-0.39, 0.29) is 0 Å². The third-order valence-electron chi connectivity index (χ3n) is 4.31. The van der Waals surface area contributed by atoms with E-state index in [1.165, 1.54) is 21.5 Å². The van der Waals surface area contributed by atoms with Crippen LogP contribution in [0, 0.1) is 0 Å². The van der Waals surface area contributed by atoms with Crippen LogP contribution in [0.4, 0.5) is 0 Å². The Morgan fingerprint density at radius 3 is 2.62 bits per heavy atom. The minimum absolute atomic E-state index is 1.08. The molecule has 0 fully saturated rings. The monoisotopic (exact) mass is 313 g/mol. The average Bonchev–Trinajstić information content (AvgIpc) is 2.94. The average molecular weight is 313 g/mol. The first-order chi connectivity index (χ1) is 11.8. The molecule has 0 N–H and O–H groups in total. The van der Waals surface area contributed by atoms with Crippen LogP contribution in [0.1, 0.15) is 19.8 Å². The molecule has 0 spiro atoms. The lowest BCUT2D eigenvalue weighted by molar-refractivity contribution is 1.06. The molecular formula is C23H23N. The fourth-order valence-electron chi connectivity index (χ4n) is 3.26. The van der Waals surface area contributed by atoms with Gasteiger partial charge in [-0.3, -0.25) is 0 Å². The first-order valence-corrected chi connectivity index (χ1v) is 8.39. The second-order valence-electron chi connectivity index (χ2n) is 5.82. The SMILES string of the molecule is C=C/C=C(/C=C\C)C(\C=C)=C/n1c2c(c3ccccc31)=CCCC=2. The topological polar surface area (TPSA) is 4.93 Å². The third kappa shape index (κ3) is 2.85. The second-order valence-corrected chi connectivity index (χ2v) is 5.82. The zero-order valence-electron chi connectivity index (χ0n) is 14.2. The van der Waals surface area contributed by atoms with E-state index in [1.54, 1.807) is 0 Å². The van der Waals surface area contributed by atoms with Crippen molar-refractivity contribution in [1.82, 2.24) is 4.57 Å². The number of fused-ring (bicyclic) bond motifs is 3. The molecule has 0 saturated carbocycles. The van der Waals surface area contributed by atoms with E-state index in [0.717, 1.165) is 24.0 Å². The minimum Gasteiger partial charge on any atom is -0.316 e. The lowest BCUT2D eigenvalue weighted by Crippen LogP contribution is -2.29. The molecule has 24 heavy (non-hydrogen) atoms. The molecule has 1 nitrogen and oxygen atoms in total. The van der Waals surface area contributed by atoms with E-state index in [1.807, 2.05) is 31.2 Å². The predicted octanol–water partition coefficient (Wildman–Crippen LogP) is 4.71. The maximum atomic E-state index is 4.01. The highest BCUT2D eigenvalue weighted by atomic mass is 14.9. The van der Waals surface area contributed by atoms with Gasteiger partial charge in [-0.25, -0.2) is 0 Å². The van der Waals surface area contributed by atoms with Crippen molar-refractivity contribution in [2.24, 2.45) is 0 Å². The van der Waals surface area contributed by atoms with Crippen LogP contribution in [0.2, 0.25) is 0 Å².